The number of imidazole rings is 1. The van der Waals surface area contributed by atoms with Gasteiger partial charge in [0.15, 0.2) is 5.60 Å². The maximum absolute atomic E-state index is 13.0. The number of hydrogen-bond donors (Lipinski definition) is 1. The molecule has 0 spiro atoms. The molecule has 1 heterocycles. The zero-order valence-corrected chi connectivity index (χ0v) is 20.7. The van der Waals surface area contributed by atoms with Crippen molar-refractivity contribution in [3.8, 4) is 5.75 Å². The van der Waals surface area contributed by atoms with Crippen LogP contribution in [-0.4, -0.2) is 25.8 Å². The molecule has 0 bridgehead atoms. The predicted molar refractivity (Wildman–Crippen MR) is 135 cm³/mol. The number of aliphatic carboxylic acids is 1. The fraction of sp³-hybridized carbons (Fsp3) is 0.429. The summed E-state index contributed by atoms with van der Waals surface area (Å²) in [6, 6.07) is 16.0. The Morgan fingerprint density at radius 3 is 2.15 bits per heavy atom. The maximum Gasteiger partial charge on any atom is 0.347 e. The van der Waals surface area contributed by atoms with Crippen LogP contribution in [0.2, 0.25) is 0 Å². The molecule has 2 aromatic carbocycles. The summed E-state index contributed by atoms with van der Waals surface area (Å²) in [5.41, 5.74) is 3.44. The monoisotopic (exact) mass is 464 g/mol. The minimum atomic E-state index is -1.27. The van der Waals surface area contributed by atoms with E-state index in [2.05, 4.69) is 38.1 Å². The Kier molecular flexibility index (Phi) is 8.37. The number of aryl methyl sites for hydroxylation is 3. The summed E-state index contributed by atoms with van der Waals surface area (Å²) in [5.74, 6) is -0.461. The zero-order valence-electron chi connectivity index (χ0n) is 20.7. The van der Waals surface area contributed by atoms with Gasteiger partial charge in [0, 0.05) is 18.4 Å². The predicted octanol–water partition coefficient (Wildman–Crippen LogP) is 5.09. The van der Waals surface area contributed by atoms with Crippen LogP contribution in [0.15, 0.2) is 59.5 Å². The van der Waals surface area contributed by atoms with Gasteiger partial charge in [-0.3, -0.25) is 9.13 Å². The van der Waals surface area contributed by atoms with E-state index >= 15 is 0 Å². The van der Waals surface area contributed by atoms with Gasteiger partial charge in [-0.2, -0.15) is 0 Å². The van der Waals surface area contributed by atoms with Gasteiger partial charge in [-0.25, -0.2) is 9.59 Å². The van der Waals surface area contributed by atoms with E-state index in [1.54, 1.807) is 0 Å². The van der Waals surface area contributed by atoms with Gasteiger partial charge in [-0.05, 0) is 74.8 Å². The Balaban J connectivity index is 1.64. The van der Waals surface area contributed by atoms with E-state index in [4.69, 9.17) is 4.74 Å². The number of nitrogens with zero attached hydrogens (tertiary/aromatic N) is 2. The van der Waals surface area contributed by atoms with E-state index in [9.17, 15) is 14.7 Å². The Morgan fingerprint density at radius 2 is 1.56 bits per heavy atom. The summed E-state index contributed by atoms with van der Waals surface area (Å²) < 4.78 is 9.30. The summed E-state index contributed by atoms with van der Waals surface area (Å²) in [4.78, 5) is 24.3. The number of hydrogen-bond acceptors (Lipinski definition) is 3. The Morgan fingerprint density at radius 1 is 0.941 bits per heavy atom. The molecular weight excluding hydrogens is 428 g/mol. The molecule has 0 saturated heterocycles. The van der Waals surface area contributed by atoms with Crippen molar-refractivity contribution < 1.29 is 14.6 Å². The molecule has 182 valence electrons. The molecule has 1 aromatic heterocycles. The average molecular weight is 465 g/mol. The molecule has 0 saturated carbocycles. The molecule has 0 atom stereocenters. The van der Waals surface area contributed by atoms with Gasteiger partial charge in [0.2, 0.25) is 0 Å². The lowest BCUT2D eigenvalue weighted by Gasteiger charge is -2.21. The first-order chi connectivity index (χ1) is 16.2. The lowest BCUT2D eigenvalue weighted by Crippen LogP contribution is -2.37. The number of carboxylic acids is 1. The highest BCUT2D eigenvalue weighted by atomic mass is 16.5. The van der Waals surface area contributed by atoms with E-state index < -0.39 is 11.6 Å². The second kappa shape index (κ2) is 11.2. The molecule has 6 nitrogen and oxygen atoms in total. The van der Waals surface area contributed by atoms with Gasteiger partial charge in [0.1, 0.15) is 5.75 Å². The van der Waals surface area contributed by atoms with Crippen molar-refractivity contribution in [2.75, 3.05) is 0 Å². The van der Waals surface area contributed by atoms with Crippen LogP contribution < -0.4 is 10.4 Å². The fourth-order valence-corrected chi connectivity index (χ4v) is 3.97. The molecule has 3 aromatic rings. The molecule has 0 aliphatic heterocycles. The van der Waals surface area contributed by atoms with Crippen molar-refractivity contribution in [1.82, 2.24) is 9.13 Å². The van der Waals surface area contributed by atoms with E-state index in [-0.39, 0.29) is 5.69 Å². The molecule has 0 radical (unpaired) electrons. The van der Waals surface area contributed by atoms with Crippen LogP contribution in [0.3, 0.4) is 0 Å². The molecule has 0 aliphatic carbocycles. The van der Waals surface area contributed by atoms with Crippen LogP contribution in [-0.2, 0) is 37.1 Å². The Bertz CT molecular complexity index is 1140. The van der Waals surface area contributed by atoms with Crippen LogP contribution >= 0.6 is 0 Å². The summed E-state index contributed by atoms with van der Waals surface area (Å²) >= 11 is 0. The standard InChI is InChI=1S/C28H36N2O4/c1-5-18-30-24(20-29(27(30)33)19-23-12-10-21(6-2)11-13-23)9-7-8-22-14-16-25(17-15-22)34-28(3,4)26(31)32/h10-17,20H,5-9,18-19H2,1-4H3,(H,31,32). The molecule has 3 rings (SSSR count). The minimum Gasteiger partial charge on any atom is -0.478 e. The molecular formula is C28H36N2O4. The van der Waals surface area contributed by atoms with Crippen LogP contribution in [0.25, 0.3) is 0 Å². The fourth-order valence-electron chi connectivity index (χ4n) is 3.97. The number of ether oxygens (including phenoxy) is 1. The molecule has 0 unspecified atom stereocenters. The number of benzene rings is 2. The van der Waals surface area contributed by atoms with Crippen LogP contribution in [0.1, 0.15) is 62.9 Å². The van der Waals surface area contributed by atoms with Crippen LogP contribution in [0.4, 0.5) is 0 Å². The zero-order chi connectivity index (χ0) is 24.7. The lowest BCUT2D eigenvalue weighted by atomic mass is 10.1. The lowest BCUT2D eigenvalue weighted by molar-refractivity contribution is -0.152. The molecule has 6 heteroatoms. The van der Waals surface area contributed by atoms with Gasteiger partial charge in [0.25, 0.3) is 0 Å². The summed E-state index contributed by atoms with van der Waals surface area (Å²) in [5, 5.41) is 9.22. The quantitative estimate of drug-likeness (QED) is 0.405. The van der Waals surface area contributed by atoms with Crippen LogP contribution in [0.5, 0.6) is 5.75 Å². The minimum absolute atomic E-state index is 0.0546. The van der Waals surface area contributed by atoms with Crippen molar-refractivity contribution in [2.45, 2.75) is 78.5 Å². The van der Waals surface area contributed by atoms with Crippen molar-refractivity contribution in [1.29, 1.82) is 0 Å². The second-order valence-corrected chi connectivity index (χ2v) is 9.27. The van der Waals surface area contributed by atoms with E-state index in [1.807, 2.05) is 39.6 Å². The topological polar surface area (TPSA) is 73.5 Å². The summed E-state index contributed by atoms with van der Waals surface area (Å²) in [7, 11) is 0. The molecule has 0 aliphatic rings. The number of rotatable bonds is 12. The summed E-state index contributed by atoms with van der Waals surface area (Å²) in [6.07, 6.45) is 6.54. The third-order valence-corrected chi connectivity index (χ3v) is 6.07. The number of carboxylic acid groups (broad SMARTS) is 1. The second-order valence-electron chi connectivity index (χ2n) is 9.27. The molecule has 34 heavy (non-hydrogen) atoms. The largest absolute Gasteiger partial charge is 0.478 e. The highest BCUT2D eigenvalue weighted by Gasteiger charge is 2.29. The van der Waals surface area contributed by atoms with Crippen molar-refractivity contribution in [2.24, 2.45) is 0 Å². The highest BCUT2D eigenvalue weighted by molar-refractivity contribution is 5.76. The average Bonchev–Trinajstić information content (AvgIpc) is 3.10. The normalized spacial score (nSPS) is 11.5. The molecule has 0 amide bonds. The maximum atomic E-state index is 13.0. The molecule has 1 N–H and O–H groups in total. The van der Waals surface area contributed by atoms with Gasteiger partial charge < -0.3 is 9.84 Å². The van der Waals surface area contributed by atoms with Gasteiger partial charge >= 0.3 is 11.7 Å². The van der Waals surface area contributed by atoms with Crippen molar-refractivity contribution in [3.63, 3.8) is 0 Å². The van der Waals surface area contributed by atoms with Crippen molar-refractivity contribution in [3.05, 3.63) is 87.6 Å². The first-order valence-electron chi connectivity index (χ1n) is 12.1. The SMILES string of the molecule is CCCn1c(CCCc2ccc(OC(C)(C)C(=O)O)cc2)cn(Cc2ccc(CC)cc2)c1=O. The summed E-state index contributed by atoms with van der Waals surface area (Å²) in [6.45, 7) is 8.60. The Hall–Kier alpha value is -3.28. The van der Waals surface area contributed by atoms with Gasteiger partial charge in [-0.1, -0.05) is 50.2 Å². The number of carbonyl (C=O) groups is 1. The van der Waals surface area contributed by atoms with Gasteiger partial charge in [-0.15, -0.1) is 0 Å². The molecule has 0 fully saturated rings. The van der Waals surface area contributed by atoms with Crippen molar-refractivity contribution >= 4 is 5.97 Å². The highest BCUT2D eigenvalue weighted by Crippen LogP contribution is 2.20. The number of aromatic nitrogens is 2. The third kappa shape index (κ3) is 6.40. The third-order valence-electron chi connectivity index (χ3n) is 6.07. The van der Waals surface area contributed by atoms with E-state index in [0.29, 0.717) is 12.3 Å². The first-order valence-corrected chi connectivity index (χ1v) is 12.1. The van der Waals surface area contributed by atoms with Crippen LogP contribution in [0, 0.1) is 0 Å². The van der Waals surface area contributed by atoms with Gasteiger partial charge in [0.05, 0.1) is 6.54 Å². The smallest absolute Gasteiger partial charge is 0.347 e. The Labute approximate surface area is 201 Å². The first kappa shape index (κ1) is 25.3. The van der Waals surface area contributed by atoms with E-state index in [0.717, 1.165) is 55.5 Å². The van der Waals surface area contributed by atoms with E-state index in [1.165, 1.54) is 19.4 Å².